The summed E-state index contributed by atoms with van der Waals surface area (Å²) in [5, 5.41) is 0. The van der Waals surface area contributed by atoms with Crippen molar-refractivity contribution in [3.63, 3.8) is 0 Å². The SMILES string of the molecule is FC(F)(F)c1cccc(C(Cc2ccccc2)c2cccc(C(F)(F)F)c2)c1. The average molecular weight is 394 g/mol. The van der Waals surface area contributed by atoms with Crippen molar-refractivity contribution in [2.75, 3.05) is 0 Å². The number of rotatable bonds is 4. The lowest BCUT2D eigenvalue weighted by molar-refractivity contribution is -0.138. The third kappa shape index (κ3) is 4.74. The Labute approximate surface area is 158 Å². The highest BCUT2D eigenvalue weighted by Gasteiger charge is 2.33. The molecule has 0 radical (unpaired) electrons. The zero-order chi connectivity index (χ0) is 20.4. The fraction of sp³-hybridized carbons (Fsp3) is 0.182. The first kappa shape index (κ1) is 20.0. The van der Waals surface area contributed by atoms with Gasteiger partial charge in [-0.3, -0.25) is 0 Å². The van der Waals surface area contributed by atoms with Crippen molar-refractivity contribution >= 4 is 0 Å². The van der Waals surface area contributed by atoms with Crippen molar-refractivity contribution in [3.8, 4) is 0 Å². The highest BCUT2D eigenvalue weighted by atomic mass is 19.4. The van der Waals surface area contributed by atoms with E-state index in [1.54, 1.807) is 30.3 Å². The highest BCUT2D eigenvalue weighted by molar-refractivity contribution is 5.39. The smallest absolute Gasteiger partial charge is 0.166 e. The van der Waals surface area contributed by atoms with Gasteiger partial charge in [0, 0.05) is 5.92 Å². The molecule has 0 heterocycles. The molecule has 0 amide bonds. The van der Waals surface area contributed by atoms with Crippen LogP contribution in [0.2, 0.25) is 0 Å². The molecular formula is C22H16F6. The molecular weight excluding hydrogens is 378 g/mol. The second kappa shape index (κ2) is 7.70. The van der Waals surface area contributed by atoms with Gasteiger partial charge in [-0.25, -0.2) is 0 Å². The summed E-state index contributed by atoms with van der Waals surface area (Å²) in [5.41, 5.74) is -0.191. The van der Waals surface area contributed by atoms with E-state index in [1.165, 1.54) is 24.3 Å². The third-order valence-corrected chi connectivity index (χ3v) is 4.52. The molecule has 3 rings (SSSR count). The van der Waals surface area contributed by atoms with Crippen LogP contribution in [0.5, 0.6) is 0 Å². The van der Waals surface area contributed by atoms with Crippen molar-refractivity contribution in [2.45, 2.75) is 24.7 Å². The Balaban J connectivity index is 2.09. The summed E-state index contributed by atoms with van der Waals surface area (Å²) in [6.07, 6.45) is -8.77. The lowest BCUT2D eigenvalue weighted by Crippen LogP contribution is -2.11. The van der Waals surface area contributed by atoms with Gasteiger partial charge in [0.1, 0.15) is 0 Å². The van der Waals surface area contributed by atoms with Gasteiger partial charge < -0.3 is 0 Å². The van der Waals surface area contributed by atoms with Crippen molar-refractivity contribution in [2.24, 2.45) is 0 Å². The number of alkyl halides is 6. The summed E-state index contributed by atoms with van der Waals surface area (Å²) in [5.74, 6) is -0.646. The third-order valence-electron chi connectivity index (χ3n) is 4.52. The Morgan fingerprint density at radius 1 is 0.571 bits per heavy atom. The van der Waals surface area contributed by atoms with Crippen LogP contribution in [0.4, 0.5) is 26.3 Å². The van der Waals surface area contributed by atoms with E-state index in [0.29, 0.717) is 11.1 Å². The van der Waals surface area contributed by atoms with E-state index < -0.39 is 29.4 Å². The molecule has 3 aromatic rings. The number of benzene rings is 3. The Morgan fingerprint density at radius 3 is 1.46 bits per heavy atom. The second-order valence-electron chi connectivity index (χ2n) is 6.49. The number of hydrogen-bond donors (Lipinski definition) is 0. The molecule has 0 bridgehead atoms. The molecule has 146 valence electrons. The zero-order valence-corrected chi connectivity index (χ0v) is 14.6. The normalized spacial score (nSPS) is 12.4. The predicted octanol–water partition coefficient (Wildman–Crippen LogP) is 7.10. The largest absolute Gasteiger partial charge is 0.416 e. The van der Waals surface area contributed by atoms with Crippen LogP contribution >= 0.6 is 0 Å². The van der Waals surface area contributed by atoms with Gasteiger partial charge in [-0.05, 0) is 35.2 Å². The lowest BCUT2D eigenvalue weighted by Gasteiger charge is -2.21. The summed E-state index contributed by atoms with van der Waals surface area (Å²) < 4.78 is 78.8. The number of halogens is 6. The van der Waals surface area contributed by atoms with Gasteiger partial charge in [0.2, 0.25) is 0 Å². The summed E-state index contributed by atoms with van der Waals surface area (Å²) in [7, 11) is 0. The maximum atomic E-state index is 13.1. The van der Waals surface area contributed by atoms with Crippen molar-refractivity contribution in [1.29, 1.82) is 0 Å². The molecule has 0 aromatic heterocycles. The molecule has 0 N–H and O–H groups in total. The minimum atomic E-state index is -4.53. The molecule has 6 heteroatoms. The van der Waals surface area contributed by atoms with Gasteiger partial charge in [0.15, 0.2) is 0 Å². The molecule has 0 aliphatic heterocycles. The van der Waals surface area contributed by atoms with Crippen LogP contribution in [0.25, 0.3) is 0 Å². The van der Waals surface area contributed by atoms with E-state index in [-0.39, 0.29) is 6.42 Å². The van der Waals surface area contributed by atoms with Gasteiger partial charge >= 0.3 is 12.4 Å². The molecule has 3 aromatic carbocycles. The van der Waals surface area contributed by atoms with Crippen LogP contribution in [-0.2, 0) is 18.8 Å². The van der Waals surface area contributed by atoms with E-state index in [4.69, 9.17) is 0 Å². The van der Waals surface area contributed by atoms with Gasteiger partial charge in [-0.1, -0.05) is 66.7 Å². The van der Waals surface area contributed by atoms with Crippen LogP contribution in [0.15, 0.2) is 78.9 Å². The Kier molecular flexibility index (Phi) is 5.49. The molecule has 0 spiro atoms. The van der Waals surface area contributed by atoms with E-state index in [2.05, 4.69) is 0 Å². The topological polar surface area (TPSA) is 0 Å². The molecule has 0 nitrogen and oxygen atoms in total. The summed E-state index contributed by atoms with van der Waals surface area (Å²) in [4.78, 5) is 0. The molecule has 0 fully saturated rings. The Morgan fingerprint density at radius 2 is 1.04 bits per heavy atom. The second-order valence-corrected chi connectivity index (χ2v) is 6.49. The van der Waals surface area contributed by atoms with E-state index in [0.717, 1.165) is 29.8 Å². The molecule has 0 unspecified atom stereocenters. The van der Waals surface area contributed by atoms with Crippen LogP contribution in [0.3, 0.4) is 0 Å². The monoisotopic (exact) mass is 394 g/mol. The summed E-state index contributed by atoms with van der Waals surface area (Å²) in [6.45, 7) is 0. The summed E-state index contributed by atoms with van der Waals surface area (Å²) in [6, 6.07) is 18.5. The van der Waals surface area contributed by atoms with Gasteiger partial charge in [0.25, 0.3) is 0 Å². The maximum Gasteiger partial charge on any atom is 0.416 e. The average Bonchev–Trinajstić information content (AvgIpc) is 2.66. The summed E-state index contributed by atoms with van der Waals surface area (Å²) >= 11 is 0. The van der Waals surface area contributed by atoms with Gasteiger partial charge in [-0.15, -0.1) is 0 Å². The highest BCUT2D eigenvalue weighted by Crippen LogP contribution is 2.36. The van der Waals surface area contributed by atoms with Crippen LogP contribution in [-0.4, -0.2) is 0 Å². The van der Waals surface area contributed by atoms with Crippen LogP contribution in [0.1, 0.15) is 33.7 Å². The fourth-order valence-electron chi connectivity index (χ4n) is 3.14. The zero-order valence-electron chi connectivity index (χ0n) is 14.6. The van der Waals surface area contributed by atoms with Gasteiger partial charge in [-0.2, -0.15) is 26.3 Å². The molecule has 0 aliphatic carbocycles. The first-order valence-corrected chi connectivity index (χ1v) is 8.53. The predicted molar refractivity (Wildman–Crippen MR) is 94.9 cm³/mol. The molecule has 0 atom stereocenters. The van der Waals surface area contributed by atoms with E-state index >= 15 is 0 Å². The number of hydrogen-bond acceptors (Lipinski definition) is 0. The minimum Gasteiger partial charge on any atom is -0.166 e. The maximum absolute atomic E-state index is 13.1. The quantitative estimate of drug-likeness (QED) is 0.414. The standard InChI is InChI=1S/C22H16F6/c23-21(24,25)18-10-4-8-16(13-18)20(12-15-6-2-1-3-7-15)17-9-5-11-19(14-17)22(26,27)28/h1-11,13-14,20H,12H2. The van der Waals surface area contributed by atoms with E-state index in [1.807, 2.05) is 0 Å². The molecule has 0 saturated heterocycles. The lowest BCUT2D eigenvalue weighted by atomic mass is 9.84. The Bertz CT molecular complexity index is 868. The first-order valence-electron chi connectivity index (χ1n) is 8.53. The fourth-order valence-corrected chi connectivity index (χ4v) is 3.14. The van der Waals surface area contributed by atoms with Gasteiger partial charge in [0.05, 0.1) is 11.1 Å². The van der Waals surface area contributed by atoms with E-state index in [9.17, 15) is 26.3 Å². The van der Waals surface area contributed by atoms with Crippen LogP contribution in [0, 0.1) is 0 Å². The van der Waals surface area contributed by atoms with Crippen LogP contribution < -0.4 is 0 Å². The minimum absolute atomic E-state index is 0.281. The van der Waals surface area contributed by atoms with Crippen molar-refractivity contribution in [3.05, 3.63) is 107 Å². The Hall–Kier alpha value is -2.76. The first-order chi connectivity index (χ1) is 13.1. The van der Waals surface area contributed by atoms with Crippen molar-refractivity contribution in [1.82, 2.24) is 0 Å². The molecule has 0 aliphatic rings. The molecule has 0 saturated carbocycles. The molecule has 28 heavy (non-hydrogen) atoms. The van der Waals surface area contributed by atoms with Crippen molar-refractivity contribution < 1.29 is 26.3 Å².